The molecule has 1 amide bonds. The van der Waals surface area contributed by atoms with E-state index in [1.165, 1.54) is 4.88 Å². The third kappa shape index (κ3) is 6.28. The van der Waals surface area contributed by atoms with E-state index in [2.05, 4.69) is 27.5 Å². The number of aliphatic carboxylic acids is 1. The van der Waals surface area contributed by atoms with E-state index < -0.39 is 17.7 Å². The molecule has 0 bridgehead atoms. The highest BCUT2D eigenvalue weighted by molar-refractivity contribution is 7.09. The fourth-order valence-electron chi connectivity index (χ4n) is 3.42. The molecule has 4 heterocycles. The molecule has 32 heavy (non-hydrogen) atoms. The number of alkyl halides is 3. The van der Waals surface area contributed by atoms with Crippen molar-refractivity contribution < 1.29 is 37.3 Å². The molecule has 2 aliphatic heterocycles. The highest BCUT2D eigenvalue weighted by Gasteiger charge is 2.43. The number of aromatic nitrogens is 2. The lowest BCUT2D eigenvalue weighted by atomic mass is 10.0. The smallest absolute Gasteiger partial charge is 0.475 e. The number of carboxylic acids is 1. The van der Waals surface area contributed by atoms with Crippen LogP contribution in [-0.2, 0) is 32.7 Å². The third-order valence-corrected chi connectivity index (χ3v) is 5.74. The van der Waals surface area contributed by atoms with Gasteiger partial charge in [-0.3, -0.25) is 14.4 Å². The van der Waals surface area contributed by atoms with Crippen LogP contribution in [0, 0.1) is 0 Å². The molecule has 1 spiro atoms. The summed E-state index contributed by atoms with van der Waals surface area (Å²) in [5, 5.41) is 13.4. The molecule has 2 aliphatic rings. The van der Waals surface area contributed by atoms with Gasteiger partial charge in [0.25, 0.3) is 5.91 Å². The molecule has 9 nitrogen and oxygen atoms in total. The van der Waals surface area contributed by atoms with Crippen molar-refractivity contribution in [2.45, 2.75) is 18.3 Å². The quantitative estimate of drug-likeness (QED) is 0.721. The maximum Gasteiger partial charge on any atom is 0.490 e. The number of carboxylic acid groups (broad SMARTS) is 1. The van der Waals surface area contributed by atoms with Crippen LogP contribution in [0.25, 0.3) is 0 Å². The van der Waals surface area contributed by atoms with Crippen molar-refractivity contribution in [3.63, 3.8) is 0 Å². The zero-order valence-electron chi connectivity index (χ0n) is 17.2. The van der Waals surface area contributed by atoms with Crippen LogP contribution in [0.4, 0.5) is 18.9 Å². The number of anilines is 1. The largest absolute Gasteiger partial charge is 0.490 e. The van der Waals surface area contributed by atoms with Crippen LogP contribution in [0.15, 0.2) is 29.9 Å². The van der Waals surface area contributed by atoms with Gasteiger partial charge >= 0.3 is 12.1 Å². The Balaban J connectivity index is 0.000000360. The average Bonchev–Trinajstić information content (AvgIpc) is 3.34. The fourth-order valence-corrected chi connectivity index (χ4v) is 4.17. The number of carbonyl (C=O) groups excluding carboxylic acids is 1. The molecule has 2 fully saturated rings. The van der Waals surface area contributed by atoms with Crippen molar-refractivity contribution in [1.29, 1.82) is 0 Å². The molecule has 2 aromatic heterocycles. The van der Waals surface area contributed by atoms with Crippen molar-refractivity contribution >= 4 is 28.9 Å². The highest BCUT2D eigenvalue weighted by Crippen LogP contribution is 2.28. The zero-order chi connectivity index (χ0) is 23.4. The number of rotatable bonds is 3. The fraction of sp³-hybridized carbons (Fsp3) is 0.526. The van der Waals surface area contributed by atoms with Crippen molar-refractivity contribution in [3.05, 3.63) is 34.8 Å². The van der Waals surface area contributed by atoms with Crippen LogP contribution < -0.4 is 4.90 Å². The predicted octanol–water partition coefficient (Wildman–Crippen LogP) is 1.75. The van der Waals surface area contributed by atoms with E-state index in [9.17, 15) is 18.0 Å². The zero-order valence-corrected chi connectivity index (χ0v) is 18.1. The lowest BCUT2D eigenvalue weighted by Crippen LogP contribution is -2.60. The summed E-state index contributed by atoms with van der Waals surface area (Å²) in [4.78, 5) is 26.7. The molecule has 1 unspecified atom stereocenters. The van der Waals surface area contributed by atoms with Gasteiger partial charge in [0.2, 0.25) is 0 Å². The van der Waals surface area contributed by atoms with Crippen LogP contribution in [-0.4, -0.2) is 82.9 Å². The normalized spacial score (nSPS) is 22.4. The van der Waals surface area contributed by atoms with Crippen molar-refractivity contribution in [3.8, 4) is 0 Å². The molecule has 0 aromatic carbocycles. The van der Waals surface area contributed by atoms with Gasteiger partial charge in [-0.2, -0.15) is 18.3 Å². The second kappa shape index (κ2) is 9.98. The van der Waals surface area contributed by atoms with E-state index in [-0.39, 0.29) is 12.5 Å². The monoisotopic (exact) mass is 476 g/mol. The second-order valence-corrected chi connectivity index (χ2v) is 8.50. The summed E-state index contributed by atoms with van der Waals surface area (Å²) < 4.78 is 45.3. The predicted molar refractivity (Wildman–Crippen MR) is 108 cm³/mol. The van der Waals surface area contributed by atoms with Crippen LogP contribution in [0.1, 0.15) is 4.88 Å². The SMILES string of the molecule is Cn1cc(N2CC3(COCCN(Cc4cccs4)C3)OCC2=O)cn1.O=C(O)C(F)(F)F. The number of carbonyl (C=O) groups is 2. The molecule has 1 N–H and O–H groups in total. The Labute approximate surface area is 185 Å². The van der Waals surface area contributed by atoms with Crippen LogP contribution >= 0.6 is 11.3 Å². The number of thiophene rings is 1. The number of morpholine rings is 1. The van der Waals surface area contributed by atoms with Gasteiger partial charge in [0.05, 0.1) is 31.6 Å². The number of hydrogen-bond donors (Lipinski definition) is 1. The maximum absolute atomic E-state index is 12.4. The number of nitrogens with zero attached hydrogens (tertiary/aromatic N) is 4. The van der Waals surface area contributed by atoms with Crippen LogP contribution in [0.5, 0.6) is 0 Å². The summed E-state index contributed by atoms with van der Waals surface area (Å²) in [6.07, 6.45) is -1.50. The summed E-state index contributed by atoms with van der Waals surface area (Å²) in [6.45, 7) is 4.23. The molecule has 2 aromatic rings. The van der Waals surface area contributed by atoms with E-state index in [0.29, 0.717) is 19.8 Å². The summed E-state index contributed by atoms with van der Waals surface area (Å²) >= 11 is 1.76. The maximum atomic E-state index is 12.4. The number of aryl methyl sites for hydroxylation is 1. The van der Waals surface area contributed by atoms with E-state index in [1.807, 2.05) is 13.2 Å². The Bertz CT molecular complexity index is 920. The topological polar surface area (TPSA) is 97.1 Å². The molecular weight excluding hydrogens is 453 g/mol. The van der Waals surface area contributed by atoms with Crippen molar-refractivity contribution in [2.75, 3.05) is 44.4 Å². The lowest BCUT2D eigenvalue weighted by Gasteiger charge is -2.42. The van der Waals surface area contributed by atoms with Crippen molar-refractivity contribution in [2.24, 2.45) is 7.05 Å². The van der Waals surface area contributed by atoms with Crippen molar-refractivity contribution in [1.82, 2.24) is 14.7 Å². The van der Waals surface area contributed by atoms with Gasteiger partial charge in [0, 0.05) is 37.8 Å². The van der Waals surface area contributed by atoms with Gasteiger partial charge in [-0.05, 0) is 11.4 Å². The summed E-state index contributed by atoms with van der Waals surface area (Å²) in [7, 11) is 1.85. The Morgan fingerprint density at radius 2 is 2.12 bits per heavy atom. The minimum atomic E-state index is -5.08. The van der Waals surface area contributed by atoms with E-state index in [1.54, 1.807) is 27.1 Å². The molecule has 1 atom stereocenters. The van der Waals surface area contributed by atoms with E-state index >= 15 is 0 Å². The Kier molecular flexibility index (Phi) is 7.54. The molecule has 0 saturated carbocycles. The molecule has 4 rings (SSSR count). The van der Waals surface area contributed by atoms with Gasteiger partial charge in [-0.1, -0.05) is 6.07 Å². The molecular formula is C19H23F3N4O5S. The number of halogens is 3. The molecule has 0 radical (unpaired) electrons. The van der Waals surface area contributed by atoms with Gasteiger partial charge in [-0.25, -0.2) is 4.79 Å². The minimum absolute atomic E-state index is 0.0346. The Hall–Kier alpha value is -2.48. The first-order valence-electron chi connectivity index (χ1n) is 9.63. The summed E-state index contributed by atoms with van der Waals surface area (Å²) in [5.41, 5.74) is 0.307. The average molecular weight is 476 g/mol. The molecule has 176 valence electrons. The first-order chi connectivity index (χ1) is 15.1. The van der Waals surface area contributed by atoms with Gasteiger partial charge < -0.3 is 19.5 Å². The Morgan fingerprint density at radius 3 is 2.72 bits per heavy atom. The lowest BCUT2D eigenvalue weighted by molar-refractivity contribution is -0.192. The highest BCUT2D eigenvalue weighted by atomic mass is 32.1. The van der Waals surface area contributed by atoms with Crippen LogP contribution in [0.2, 0.25) is 0 Å². The summed E-state index contributed by atoms with van der Waals surface area (Å²) in [5.74, 6) is -2.79. The first kappa shape index (κ1) is 24.2. The van der Waals surface area contributed by atoms with Crippen LogP contribution in [0.3, 0.4) is 0 Å². The second-order valence-electron chi connectivity index (χ2n) is 7.47. The van der Waals surface area contributed by atoms with Gasteiger partial charge in [-0.15, -0.1) is 11.3 Å². The van der Waals surface area contributed by atoms with E-state index in [4.69, 9.17) is 19.4 Å². The van der Waals surface area contributed by atoms with Gasteiger partial charge in [0.15, 0.2) is 0 Å². The number of hydrogen-bond acceptors (Lipinski definition) is 7. The number of amides is 1. The van der Waals surface area contributed by atoms with Gasteiger partial charge in [0.1, 0.15) is 12.2 Å². The minimum Gasteiger partial charge on any atom is -0.475 e. The number of ether oxygens (including phenoxy) is 2. The molecule has 13 heteroatoms. The standard InChI is InChI=1S/C17H22N4O3S.C2HF3O2/c1-19-8-14(7-18-19)21-12-17(24-10-16(21)22)11-20(4-5-23-13-17)9-15-3-2-6-25-15;3-2(4,5)1(6)7/h2-3,6-8H,4-5,9-13H2,1H3;(H,6,7). The molecule has 2 saturated heterocycles. The first-order valence-corrected chi connectivity index (χ1v) is 10.5. The summed E-state index contributed by atoms with van der Waals surface area (Å²) in [6, 6.07) is 4.22. The Morgan fingerprint density at radius 1 is 1.38 bits per heavy atom. The third-order valence-electron chi connectivity index (χ3n) is 4.88. The molecule has 0 aliphatic carbocycles. The van der Waals surface area contributed by atoms with E-state index in [0.717, 1.165) is 25.3 Å².